The molecule has 0 aromatic heterocycles. The molecule has 0 bridgehead atoms. The lowest BCUT2D eigenvalue weighted by molar-refractivity contribution is -0.137. The largest absolute Gasteiger partial charge is 0.468 e. The van der Waals surface area contributed by atoms with Gasteiger partial charge in [-0.1, -0.05) is 11.6 Å². The Morgan fingerprint density at radius 1 is 1.50 bits per heavy atom. The van der Waals surface area contributed by atoms with Gasteiger partial charge in [0.1, 0.15) is 0 Å². The molecule has 0 amide bonds. The molecule has 0 aliphatic rings. The highest BCUT2D eigenvalue weighted by Gasteiger charge is 2.18. The highest BCUT2D eigenvalue weighted by Crippen LogP contribution is 2.29. The lowest BCUT2D eigenvalue weighted by Crippen LogP contribution is -2.23. The first-order valence-corrected chi connectivity index (χ1v) is 7.60. The van der Waals surface area contributed by atoms with Crippen LogP contribution in [-0.2, 0) is 19.6 Å². The summed E-state index contributed by atoms with van der Waals surface area (Å²) in [6.45, 7) is 1.79. The number of halogens is 2. The number of carbonyl (C=O) groups excluding carboxylic acids is 1. The van der Waals surface area contributed by atoms with E-state index in [2.05, 4.69) is 25.4 Å². The van der Waals surface area contributed by atoms with Gasteiger partial charge in [-0.2, -0.15) is 0 Å². The molecule has 1 rings (SSSR count). The van der Waals surface area contributed by atoms with Crippen molar-refractivity contribution in [3.8, 4) is 0 Å². The van der Waals surface area contributed by atoms with Gasteiger partial charge in [0, 0.05) is 9.50 Å². The Kier molecular flexibility index (Phi) is 5.01. The van der Waals surface area contributed by atoms with Crippen LogP contribution in [0.2, 0.25) is 5.02 Å². The predicted molar refractivity (Wildman–Crippen MR) is 73.3 cm³/mol. The van der Waals surface area contributed by atoms with E-state index in [4.69, 9.17) is 11.6 Å². The Balaban J connectivity index is 2.98. The Morgan fingerprint density at radius 3 is 2.67 bits per heavy atom. The smallest absolute Gasteiger partial charge is 0.322 e. The summed E-state index contributed by atoms with van der Waals surface area (Å²) in [4.78, 5) is 10.9. The van der Waals surface area contributed by atoms with Crippen molar-refractivity contribution < 1.29 is 17.9 Å². The number of methoxy groups -OCH3 is 1. The molecule has 5 nitrogen and oxygen atoms in total. The summed E-state index contributed by atoms with van der Waals surface area (Å²) < 4.78 is 30.4. The lowest BCUT2D eigenvalue weighted by atomic mass is 10.2. The topological polar surface area (TPSA) is 72.5 Å². The third-order valence-corrected chi connectivity index (χ3v) is 4.26. The van der Waals surface area contributed by atoms with Crippen LogP contribution < -0.4 is 4.72 Å². The summed E-state index contributed by atoms with van der Waals surface area (Å²) in [6, 6.07) is 3.15. The van der Waals surface area contributed by atoms with Gasteiger partial charge in [-0.15, -0.1) is 0 Å². The number of hydrogen-bond donors (Lipinski definition) is 1. The van der Waals surface area contributed by atoms with Gasteiger partial charge in [0.05, 0.1) is 12.8 Å². The molecule has 0 fully saturated rings. The maximum absolute atomic E-state index is 11.6. The van der Waals surface area contributed by atoms with E-state index in [9.17, 15) is 13.2 Å². The van der Waals surface area contributed by atoms with E-state index in [1.165, 1.54) is 6.07 Å². The number of ether oxygens (including phenoxy) is 1. The molecule has 0 unspecified atom stereocenters. The van der Waals surface area contributed by atoms with Crippen molar-refractivity contribution in [2.75, 3.05) is 17.6 Å². The number of sulfonamides is 1. The Morgan fingerprint density at radius 2 is 2.11 bits per heavy atom. The van der Waals surface area contributed by atoms with Gasteiger partial charge in [-0.3, -0.25) is 9.52 Å². The fourth-order valence-electron chi connectivity index (χ4n) is 1.14. The van der Waals surface area contributed by atoms with Gasteiger partial charge in [-0.05, 0) is 40.5 Å². The molecule has 18 heavy (non-hydrogen) atoms. The molecule has 0 aliphatic heterocycles. The number of benzene rings is 1. The Bertz CT molecular complexity index is 573. The number of nitrogens with one attached hydrogen (secondary N) is 1. The minimum absolute atomic E-state index is 0.273. The maximum Gasteiger partial charge on any atom is 0.322 e. The summed E-state index contributed by atoms with van der Waals surface area (Å²) in [5.41, 5.74) is 1.08. The van der Waals surface area contributed by atoms with Crippen LogP contribution >= 0.6 is 27.5 Å². The van der Waals surface area contributed by atoms with Gasteiger partial charge < -0.3 is 4.74 Å². The van der Waals surface area contributed by atoms with Gasteiger partial charge in [-0.25, -0.2) is 8.42 Å². The van der Waals surface area contributed by atoms with E-state index in [1.54, 1.807) is 13.0 Å². The second-order valence-corrected chi connectivity index (χ2v) is 6.50. The molecular formula is C10H11BrClNO4S. The first-order valence-electron chi connectivity index (χ1n) is 4.78. The van der Waals surface area contributed by atoms with Crippen LogP contribution in [0.3, 0.4) is 0 Å². The second kappa shape index (κ2) is 5.90. The molecule has 0 heterocycles. The van der Waals surface area contributed by atoms with Gasteiger partial charge in [0.15, 0.2) is 5.75 Å². The molecule has 1 aromatic rings. The van der Waals surface area contributed by atoms with E-state index in [-0.39, 0.29) is 5.69 Å². The number of aryl methyl sites for hydroxylation is 1. The molecule has 0 saturated heterocycles. The molecule has 8 heteroatoms. The molecule has 1 aromatic carbocycles. The SMILES string of the molecule is COC(=O)CS(=O)(=O)Nc1cc(Cl)c(C)cc1Br. The first-order chi connectivity index (χ1) is 8.25. The van der Waals surface area contributed by atoms with Gasteiger partial charge in [0.2, 0.25) is 10.0 Å². The third kappa shape index (κ3) is 4.15. The van der Waals surface area contributed by atoms with Crippen molar-refractivity contribution >= 4 is 49.2 Å². The van der Waals surface area contributed by atoms with E-state index < -0.39 is 21.7 Å². The fraction of sp³-hybridized carbons (Fsp3) is 0.300. The lowest BCUT2D eigenvalue weighted by Gasteiger charge is -2.10. The van der Waals surface area contributed by atoms with Crippen LogP contribution in [0.25, 0.3) is 0 Å². The van der Waals surface area contributed by atoms with Gasteiger partial charge in [0.25, 0.3) is 0 Å². The predicted octanol–water partition coefficient (Wildman–Crippen LogP) is 2.33. The molecule has 0 saturated carbocycles. The average molecular weight is 357 g/mol. The first kappa shape index (κ1) is 15.3. The number of hydrogen-bond acceptors (Lipinski definition) is 4. The van der Waals surface area contributed by atoms with Crippen molar-refractivity contribution in [3.63, 3.8) is 0 Å². The molecule has 0 atom stereocenters. The van der Waals surface area contributed by atoms with Crippen LogP contribution in [0.5, 0.6) is 0 Å². The highest BCUT2D eigenvalue weighted by atomic mass is 79.9. The summed E-state index contributed by atoms with van der Waals surface area (Å²) in [6.07, 6.45) is 0. The van der Waals surface area contributed by atoms with Crippen molar-refractivity contribution in [1.29, 1.82) is 0 Å². The van der Waals surface area contributed by atoms with Crippen molar-refractivity contribution in [3.05, 3.63) is 27.2 Å². The molecule has 100 valence electrons. The standard InChI is InChI=1S/C10H11BrClNO4S/c1-6-3-7(11)9(4-8(6)12)13-18(15,16)5-10(14)17-2/h3-4,13H,5H2,1-2H3. The summed E-state index contributed by atoms with van der Waals surface area (Å²) in [7, 11) is -2.69. The molecule has 1 N–H and O–H groups in total. The summed E-state index contributed by atoms with van der Waals surface area (Å²) >= 11 is 9.12. The second-order valence-electron chi connectivity index (χ2n) is 3.52. The zero-order chi connectivity index (χ0) is 13.9. The Hall–Kier alpha value is -0.790. The third-order valence-electron chi connectivity index (χ3n) is 2.05. The van der Waals surface area contributed by atoms with Crippen LogP contribution in [0.4, 0.5) is 5.69 Å². The minimum Gasteiger partial charge on any atom is -0.468 e. The normalized spacial score (nSPS) is 11.1. The molecule has 0 radical (unpaired) electrons. The van der Waals surface area contributed by atoms with Crippen molar-refractivity contribution in [1.82, 2.24) is 0 Å². The number of esters is 1. The fourth-order valence-corrected chi connectivity index (χ4v) is 3.00. The zero-order valence-corrected chi connectivity index (χ0v) is 12.8. The van der Waals surface area contributed by atoms with E-state index in [0.29, 0.717) is 9.50 Å². The van der Waals surface area contributed by atoms with E-state index in [1.807, 2.05) is 0 Å². The maximum atomic E-state index is 11.6. The number of anilines is 1. The van der Waals surface area contributed by atoms with Crippen LogP contribution in [0, 0.1) is 6.92 Å². The van der Waals surface area contributed by atoms with Crippen molar-refractivity contribution in [2.45, 2.75) is 6.92 Å². The number of carbonyl (C=O) groups is 1. The van der Waals surface area contributed by atoms with E-state index in [0.717, 1.165) is 12.7 Å². The summed E-state index contributed by atoms with van der Waals surface area (Å²) in [5.74, 6) is -1.58. The van der Waals surface area contributed by atoms with Crippen LogP contribution in [-0.4, -0.2) is 27.2 Å². The van der Waals surface area contributed by atoms with Gasteiger partial charge >= 0.3 is 5.97 Å². The quantitative estimate of drug-likeness (QED) is 0.840. The van der Waals surface area contributed by atoms with Crippen LogP contribution in [0.15, 0.2) is 16.6 Å². The average Bonchev–Trinajstić information content (AvgIpc) is 2.24. The number of rotatable bonds is 4. The minimum atomic E-state index is -3.81. The molecular weight excluding hydrogens is 346 g/mol. The zero-order valence-electron chi connectivity index (χ0n) is 9.66. The monoisotopic (exact) mass is 355 g/mol. The Labute approximate surface area is 119 Å². The van der Waals surface area contributed by atoms with Crippen LogP contribution in [0.1, 0.15) is 5.56 Å². The highest BCUT2D eigenvalue weighted by molar-refractivity contribution is 9.10. The summed E-state index contributed by atoms with van der Waals surface area (Å²) in [5, 5.41) is 0.425. The van der Waals surface area contributed by atoms with E-state index >= 15 is 0 Å². The van der Waals surface area contributed by atoms with Crippen molar-refractivity contribution in [2.24, 2.45) is 0 Å². The molecule has 0 aliphatic carbocycles. The molecule has 0 spiro atoms.